The van der Waals surface area contributed by atoms with Crippen LogP contribution in [-0.2, 0) is 9.53 Å². The van der Waals surface area contributed by atoms with Crippen LogP contribution in [0.15, 0.2) is 18.2 Å². The summed E-state index contributed by atoms with van der Waals surface area (Å²) >= 11 is 0. The first kappa shape index (κ1) is 16.3. The number of nitrogens with one attached hydrogen (secondary N) is 1. The minimum Gasteiger partial charge on any atom is -0.465 e. The van der Waals surface area contributed by atoms with Crippen LogP contribution in [0.25, 0.3) is 0 Å². The number of amides is 1. The van der Waals surface area contributed by atoms with E-state index < -0.39 is 5.97 Å². The third-order valence-corrected chi connectivity index (χ3v) is 3.73. The summed E-state index contributed by atoms with van der Waals surface area (Å²) < 4.78 is 4.76. The Balaban J connectivity index is 2.28. The average molecular weight is 304 g/mol. The Morgan fingerprint density at radius 1 is 1.27 bits per heavy atom. The van der Waals surface area contributed by atoms with E-state index in [-0.39, 0.29) is 5.91 Å². The number of hydrogen-bond acceptors (Lipinski definition) is 4. The van der Waals surface area contributed by atoms with Gasteiger partial charge in [0.15, 0.2) is 0 Å². The normalized spacial score (nSPS) is 14.3. The Morgan fingerprint density at radius 3 is 2.55 bits per heavy atom. The number of carbonyl (C=O) groups excluding carboxylic acids is 2. The van der Waals surface area contributed by atoms with E-state index in [0.717, 1.165) is 31.6 Å². The highest BCUT2D eigenvalue weighted by molar-refractivity contribution is 5.98. The molecular formula is C17H24N2O3. The summed E-state index contributed by atoms with van der Waals surface area (Å²) in [5.41, 5.74) is 2.11. The van der Waals surface area contributed by atoms with Gasteiger partial charge in [-0.3, -0.25) is 4.79 Å². The molecule has 0 unspecified atom stereocenters. The second-order valence-corrected chi connectivity index (χ2v) is 6.06. The molecular weight excluding hydrogens is 280 g/mol. The molecule has 1 aromatic rings. The second-order valence-electron chi connectivity index (χ2n) is 6.06. The van der Waals surface area contributed by atoms with Gasteiger partial charge in [0, 0.05) is 19.5 Å². The third kappa shape index (κ3) is 4.00. The average Bonchev–Trinajstić information content (AvgIpc) is 2.99. The summed E-state index contributed by atoms with van der Waals surface area (Å²) in [4.78, 5) is 26.1. The van der Waals surface area contributed by atoms with Crippen molar-refractivity contribution >= 4 is 23.3 Å². The number of nitrogens with zero attached hydrogens (tertiary/aromatic N) is 1. The molecule has 0 radical (unpaired) electrons. The fourth-order valence-electron chi connectivity index (χ4n) is 2.69. The molecule has 1 heterocycles. The van der Waals surface area contributed by atoms with Gasteiger partial charge in [-0.2, -0.15) is 0 Å². The van der Waals surface area contributed by atoms with Crippen molar-refractivity contribution < 1.29 is 14.3 Å². The molecule has 1 amide bonds. The Labute approximate surface area is 131 Å². The van der Waals surface area contributed by atoms with E-state index in [2.05, 4.69) is 10.2 Å². The molecule has 1 aliphatic rings. The SMILES string of the molecule is COC(=O)c1ccc(N2CCCC2)c(NC(=O)CC(C)C)c1. The number of ether oxygens (including phenoxy) is 1. The standard InChI is InChI=1S/C17H24N2O3/c1-12(2)10-16(20)18-14-11-13(17(21)22-3)6-7-15(14)19-8-4-5-9-19/h6-7,11-12H,4-5,8-10H2,1-3H3,(H,18,20). The monoisotopic (exact) mass is 304 g/mol. The Morgan fingerprint density at radius 2 is 1.95 bits per heavy atom. The molecule has 1 N–H and O–H groups in total. The van der Waals surface area contributed by atoms with Crippen molar-refractivity contribution in [2.75, 3.05) is 30.4 Å². The maximum absolute atomic E-state index is 12.1. The Hall–Kier alpha value is -2.04. The van der Waals surface area contributed by atoms with Crippen molar-refractivity contribution in [2.45, 2.75) is 33.1 Å². The van der Waals surface area contributed by atoms with Gasteiger partial charge in [-0.05, 0) is 37.0 Å². The van der Waals surface area contributed by atoms with Crippen LogP contribution in [0.5, 0.6) is 0 Å². The summed E-state index contributed by atoms with van der Waals surface area (Å²) in [5.74, 6) is -0.135. The zero-order valence-electron chi connectivity index (χ0n) is 13.5. The predicted octanol–water partition coefficient (Wildman–Crippen LogP) is 3.06. The molecule has 1 fully saturated rings. The van der Waals surface area contributed by atoms with Crippen molar-refractivity contribution in [3.05, 3.63) is 23.8 Å². The summed E-state index contributed by atoms with van der Waals surface area (Å²) in [7, 11) is 1.35. The van der Waals surface area contributed by atoms with E-state index in [4.69, 9.17) is 4.74 Å². The van der Waals surface area contributed by atoms with Crippen molar-refractivity contribution in [1.29, 1.82) is 0 Å². The molecule has 0 bridgehead atoms. The van der Waals surface area contributed by atoms with Crippen LogP contribution < -0.4 is 10.2 Å². The van der Waals surface area contributed by atoms with Crippen LogP contribution in [0.1, 0.15) is 43.5 Å². The van der Waals surface area contributed by atoms with Crippen LogP contribution in [0.3, 0.4) is 0 Å². The number of carbonyl (C=O) groups is 2. The lowest BCUT2D eigenvalue weighted by Crippen LogP contribution is -2.22. The first-order valence-electron chi connectivity index (χ1n) is 7.78. The molecule has 1 aliphatic heterocycles. The third-order valence-electron chi connectivity index (χ3n) is 3.73. The van der Waals surface area contributed by atoms with Crippen molar-refractivity contribution in [1.82, 2.24) is 0 Å². The molecule has 22 heavy (non-hydrogen) atoms. The molecule has 0 spiro atoms. The maximum atomic E-state index is 12.1. The molecule has 120 valence electrons. The van der Waals surface area contributed by atoms with Gasteiger partial charge in [-0.25, -0.2) is 4.79 Å². The summed E-state index contributed by atoms with van der Waals surface area (Å²) in [6, 6.07) is 5.35. The molecule has 0 aromatic heterocycles. The Bertz CT molecular complexity index is 549. The van der Waals surface area contributed by atoms with E-state index in [1.54, 1.807) is 12.1 Å². The number of hydrogen-bond donors (Lipinski definition) is 1. The fourth-order valence-corrected chi connectivity index (χ4v) is 2.69. The molecule has 1 saturated heterocycles. The predicted molar refractivity (Wildman–Crippen MR) is 87.3 cm³/mol. The van der Waals surface area contributed by atoms with Gasteiger partial charge in [0.2, 0.25) is 5.91 Å². The van der Waals surface area contributed by atoms with Gasteiger partial charge in [-0.1, -0.05) is 13.8 Å². The minimum absolute atomic E-state index is 0.0301. The number of benzene rings is 1. The van der Waals surface area contributed by atoms with Gasteiger partial charge < -0.3 is 15.0 Å². The van der Waals surface area contributed by atoms with Crippen molar-refractivity contribution in [2.24, 2.45) is 5.92 Å². The maximum Gasteiger partial charge on any atom is 0.337 e. The van der Waals surface area contributed by atoms with E-state index in [9.17, 15) is 9.59 Å². The molecule has 0 saturated carbocycles. The van der Waals surface area contributed by atoms with Crippen LogP contribution in [-0.4, -0.2) is 32.1 Å². The molecule has 2 rings (SSSR count). The number of esters is 1. The molecule has 5 heteroatoms. The summed E-state index contributed by atoms with van der Waals surface area (Å²) in [5, 5.41) is 2.95. The lowest BCUT2D eigenvalue weighted by atomic mass is 10.1. The van der Waals surface area contributed by atoms with Gasteiger partial charge in [0.05, 0.1) is 24.0 Å². The minimum atomic E-state index is -0.396. The van der Waals surface area contributed by atoms with Crippen molar-refractivity contribution in [3.8, 4) is 0 Å². The molecule has 1 aromatic carbocycles. The van der Waals surface area contributed by atoms with E-state index in [1.807, 2.05) is 19.9 Å². The summed E-state index contributed by atoms with van der Waals surface area (Å²) in [6.07, 6.45) is 2.76. The largest absolute Gasteiger partial charge is 0.465 e. The second kappa shape index (κ2) is 7.29. The number of methoxy groups -OCH3 is 1. The van der Waals surface area contributed by atoms with E-state index in [0.29, 0.717) is 23.6 Å². The van der Waals surface area contributed by atoms with Gasteiger partial charge >= 0.3 is 5.97 Å². The zero-order chi connectivity index (χ0) is 16.1. The van der Waals surface area contributed by atoms with Crippen LogP contribution in [0.4, 0.5) is 11.4 Å². The van der Waals surface area contributed by atoms with Crippen LogP contribution >= 0.6 is 0 Å². The lowest BCUT2D eigenvalue weighted by molar-refractivity contribution is -0.116. The first-order valence-corrected chi connectivity index (χ1v) is 7.78. The molecule has 0 aliphatic carbocycles. The zero-order valence-corrected chi connectivity index (χ0v) is 13.5. The fraction of sp³-hybridized carbons (Fsp3) is 0.529. The lowest BCUT2D eigenvalue weighted by Gasteiger charge is -2.22. The first-order chi connectivity index (χ1) is 10.5. The van der Waals surface area contributed by atoms with Gasteiger partial charge in [-0.15, -0.1) is 0 Å². The van der Waals surface area contributed by atoms with Crippen LogP contribution in [0.2, 0.25) is 0 Å². The highest BCUT2D eigenvalue weighted by atomic mass is 16.5. The molecule has 5 nitrogen and oxygen atoms in total. The Kier molecular flexibility index (Phi) is 5.41. The van der Waals surface area contributed by atoms with E-state index >= 15 is 0 Å². The van der Waals surface area contributed by atoms with Crippen molar-refractivity contribution in [3.63, 3.8) is 0 Å². The molecule has 0 atom stereocenters. The van der Waals surface area contributed by atoms with Gasteiger partial charge in [0.25, 0.3) is 0 Å². The quantitative estimate of drug-likeness (QED) is 0.849. The highest BCUT2D eigenvalue weighted by Gasteiger charge is 2.19. The number of anilines is 2. The van der Waals surface area contributed by atoms with Crippen LogP contribution in [0, 0.1) is 5.92 Å². The summed E-state index contributed by atoms with van der Waals surface area (Å²) in [6.45, 7) is 5.97. The number of rotatable bonds is 5. The van der Waals surface area contributed by atoms with Gasteiger partial charge in [0.1, 0.15) is 0 Å². The topological polar surface area (TPSA) is 58.6 Å². The van der Waals surface area contributed by atoms with E-state index in [1.165, 1.54) is 7.11 Å². The smallest absolute Gasteiger partial charge is 0.337 e. The highest BCUT2D eigenvalue weighted by Crippen LogP contribution is 2.30.